The van der Waals surface area contributed by atoms with E-state index in [4.69, 9.17) is 0 Å². The number of fused-ring (bicyclic) bond motifs is 5. The molecule has 150 valence electrons. The SMILES string of the molecule is CC(C)CC(=O)[C@H]1CCC2C3C(CC[C@@]21C)[C@@]1(C)C=CC(=O)N[C@@H]1C[C@@H]3C. The molecule has 3 heteroatoms. The van der Waals surface area contributed by atoms with E-state index < -0.39 is 0 Å². The van der Waals surface area contributed by atoms with Crippen LogP contribution >= 0.6 is 0 Å². The lowest BCUT2D eigenvalue weighted by molar-refractivity contribution is -0.136. The Hall–Kier alpha value is -1.12. The third kappa shape index (κ3) is 2.83. The van der Waals surface area contributed by atoms with E-state index >= 15 is 0 Å². The summed E-state index contributed by atoms with van der Waals surface area (Å²) in [5.41, 5.74) is 0.263. The molecule has 0 saturated heterocycles. The highest BCUT2D eigenvalue weighted by atomic mass is 16.1. The lowest BCUT2D eigenvalue weighted by Crippen LogP contribution is -2.61. The van der Waals surface area contributed by atoms with Crippen LogP contribution in [0, 0.1) is 46.3 Å². The largest absolute Gasteiger partial charge is 0.349 e. The first kappa shape index (κ1) is 19.2. The molecule has 1 aliphatic heterocycles. The molecule has 1 amide bonds. The van der Waals surface area contributed by atoms with Crippen molar-refractivity contribution < 1.29 is 9.59 Å². The fourth-order valence-electron chi connectivity index (χ4n) is 7.76. The van der Waals surface area contributed by atoms with Crippen molar-refractivity contribution in [3.05, 3.63) is 12.2 Å². The molecule has 3 aliphatic carbocycles. The van der Waals surface area contributed by atoms with Crippen LogP contribution in [0.15, 0.2) is 12.2 Å². The molecule has 0 aromatic rings. The molecule has 1 N–H and O–H groups in total. The first-order valence-electron chi connectivity index (χ1n) is 11.2. The number of hydrogen-bond donors (Lipinski definition) is 1. The van der Waals surface area contributed by atoms with E-state index in [0.717, 1.165) is 19.3 Å². The Labute approximate surface area is 164 Å². The Morgan fingerprint density at radius 3 is 2.67 bits per heavy atom. The van der Waals surface area contributed by atoms with Crippen LogP contribution in [0.3, 0.4) is 0 Å². The zero-order valence-corrected chi connectivity index (χ0v) is 17.8. The molecule has 0 spiro atoms. The van der Waals surface area contributed by atoms with Gasteiger partial charge in [0.1, 0.15) is 5.78 Å². The van der Waals surface area contributed by atoms with Gasteiger partial charge in [0.25, 0.3) is 0 Å². The summed E-state index contributed by atoms with van der Waals surface area (Å²) in [5.74, 6) is 3.90. The highest BCUT2D eigenvalue weighted by Gasteiger charge is 2.62. The Morgan fingerprint density at radius 1 is 1.22 bits per heavy atom. The van der Waals surface area contributed by atoms with Crippen molar-refractivity contribution in [3.8, 4) is 0 Å². The van der Waals surface area contributed by atoms with E-state index in [1.54, 1.807) is 6.08 Å². The molecule has 0 aromatic heterocycles. The quantitative estimate of drug-likeness (QED) is 0.777. The second-order valence-corrected chi connectivity index (χ2v) is 11.0. The van der Waals surface area contributed by atoms with Crippen LogP contribution in [0.25, 0.3) is 0 Å². The molecule has 8 atom stereocenters. The smallest absolute Gasteiger partial charge is 0.243 e. The summed E-state index contributed by atoms with van der Waals surface area (Å²) in [6.07, 6.45) is 10.5. The molecule has 0 bridgehead atoms. The van der Waals surface area contributed by atoms with Gasteiger partial charge in [-0.25, -0.2) is 0 Å². The fraction of sp³-hybridized carbons (Fsp3) is 0.833. The number of carbonyl (C=O) groups excluding carboxylic acids is 2. The fourth-order valence-corrected chi connectivity index (χ4v) is 7.76. The van der Waals surface area contributed by atoms with Gasteiger partial charge in [0, 0.05) is 23.8 Å². The van der Waals surface area contributed by atoms with Gasteiger partial charge in [0.15, 0.2) is 0 Å². The van der Waals surface area contributed by atoms with Crippen LogP contribution in [0.2, 0.25) is 0 Å². The first-order valence-corrected chi connectivity index (χ1v) is 11.2. The molecule has 1 heterocycles. The number of amides is 1. The summed E-state index contributed by atoms with van der Waals surface area (Å²) in [7, 11) is 0. The zero-order valence-electron chi connectivity index (χ0n) is 17.8. The third-order valence-corrected chi connectivity index (χ3v) is 9.06. The lowest BCUT2D eigenvalue weighted by atomic mass is 9.45. The van der Waals surface area contributed by atoms with Crippen molar-refractivity contribution in [2.45, 2.75) is 79.2 Å². The minimum atomic E-state index is 0.0731. The van der Waals surface area contributed by atoms with Crippen molar-refractivity contribution in [2.24, 2.45) is 46.3 Å². The van der Waals surface area contributed by atoms with Gasteiger partial charge < -0.3 is 5.32 Å². The van der Waals surface area contributed by atoms with Gasteiger partial charge in [0.2, 0.25) is 5.91 Å². The number of rotatable bonds is 3. The summed E-state index contributed by atoms with van der Waals surface area (Å²) < 4.78 is 0. The topological polar surface area (TPSA) is 46.2 Å². The number of hydrogen-bond acceptors (Lipinski definition) is 2. The number of ketones is 1. The van der Waals surface area contributed by atoms with Crippen molar-refractivity contribution in [2.75, 3.05) is 0 Å². The Balaban J connectivity index is 1.63. The number of carbonyl (C=O) groups is 2. The highest BCUT2D eigenvalue weighted by Crippen LogP contribution is 2.66. The van der Waals surface area contributed by atoms with Crippen LogP contribution in [0.4, 0.5) is 0 Å². The normalized spacial score (nSPS) is 48.6. The van der Waals surface area contributed by atoms with E-state index in [1.165, 1.54) is 19.3 Å². The van der Waals surface area contributed by atoms with Crippen molar-refractivity contribution in [1.29, 1.82) is 0 Å². The Morgan fingerprint density at radius 2 is 1.96 bits per heavy atom. The number of nitrogens with one attached hydrogen (secondary N) is 1. The lowest BCUT2D eigenvalue weighted by Gasteiger charge is -2.60. The molecule has 3 unspecified atom stereocenters. The summed E-state index contributed by atoms with van der Waals surface area (Å²) in [6.45, 7) is 11.5. The maximum absolute atomic E-state index is 13.0. The average Bonchev–Trinajstić information content (AvgIpc) is 2.93. The van der Waals surface area contributed by atoms with Gasteiger partial charge in [-0.05, 0) is 73.2 Å². The standard InChI is InChI=1S/C24H37NO2/c1-14(2)12-19(26)16-6-7-17-22-15(3)13-20-24(5,11-9-21(27)25-20)18(22)8-10-23(16,17)4/h9,11,14-18,20,22H,6-8,10,12-13H2,1-5H3,(H,25,27)/t15-,16+,17?,18?,20+,22?,23+,24+/m0/s1. The maximum Gasteiger partial charge on any atom is 0.243 e. The molecule has 0 aromatic carbocycles. The minimum absolute atomic E-state index is 0.0731. The summed E-state index contributed by atoms with van der Waals surface area (Å²) in [6, 6.07) is 0.273. The van der Waals surface area contributed by atoms with E-state index in [1.807, 2.05) is 0 Å². The first-order chi connectivity index (χ1) is 12.7. The van der Waals surface area contributed by atoms with Gasteiger partial charge in [-0.3, -0.25) is 9.59 Å². The summed E-state index contributed by atoms with van der Waals surface area (Å²) in [4.78, 5) is 25.0. The Kier molecular flexibility index (Phi) is 4.59. The van der Waals surface area contributed by atoms with Gasteiger partial charge in [-0.1, -0.05) is 40.7 Å². The van der Waals surface area contributed by atoms with E-state index in [9.17, 15) is 9.59 Å². The molecule has 27 heavy (non-hydrogen) atoms. The van der Waals surface area contributed by atoms with Crippen LogP contribution < -0.4 is 5.32 Å². The van der Waals surface area contributed by atoms with Gasteiger partial charge in [0.05, 0.1) is 0 Å². The van der Waals surface area contributed by atoms with Gasteiger partial charge >= 0.3 is 0 Å². The monoisotopic (exact) mass is 371 g/mol. The molecule has 4 rings (SSSR count). The molecule has 3 nitrogen and oxygen atoms in total. The minimum Gasteiger partial charge on any atom is -0.349 e. The summed E-state index contributed by atoms with van der Waals surface area (Å²) in [5, 5.41) is 3.26. The molecular formula is C24H37NO2. The van der Waals surface area contributed by atoms with Crippen molar-refractivity contribution in [3.63, 3.8) is 0 Å². The van der Waals surface area contributed by atoms with Crippen LogP contribution in [0.5, 0.6) is 0 Å². The van der Waals surface area contributed by atoms with Gasteiger partial charge in [-0.2, -0.15) is 0 Å². The maximum atomic E-state index is 13.0. The molecule has 0 radical (unpaired) electrons. The van der Waals surface area contributed by atoms with Crippen LogP contribution in [-0.2, 0) is 9.59 Å². The molecule has 3 fully saturated rings. The van der Waals surface area contributed by atoms with Crippen molar-refractivity contribution >= 4 is 11.7 Å². The highest BCUT2D eigenvalue weighted by molar-refractivity contribution is 5.89. The molecule has 4 aliphatic rings. The second kappa shape index (κ2) is 6.46. The van der Waals surface area contributed by atoms with Gasteiger partial charge in [-0.15, -0.1) is 0 Å². The third-order valence-electron chi connectivity index (χ3n) is 9.06. The van der Waals surface area contributed by atoms with Crippen LogP contribution in [0.1, 0.15) is 73.1 Å². The number of Topliss-reactive ketones (excluding diaryl/α,β-unsaturated/α-hetero) is 1. The van der Waals surface area contributed by atoms with Crippen LogP contribution in [-0.4, -0.2) is 17.7 Å². The van der Waals surface area contributed by atoms with Crippen molar-refractivity contribution in [1.82, 2.24) is 5.32 Å². The van der Waals surface area contributed by atoms with E-state index in [0.29, 0.717) is 35.4 Å². The second-order valence-electron chi connectivity index (χ2n) is 11.0. The predicted molar refractivity (Wildman–Crippen MR) is 108 cm³/mol. The van der Waals surface area contributed by atoms with E-state index in [2.05, 4.69) is 46.0 Å². The summed E-state index contributed by atoms with van der Waals surface area (Å²) >= 11 is 0. The Bertz CT molecular complexity index is 667. The molecule has 3 saturated carbocycles. The average molecular weight is 372 g/mol. The van der Waals surface area contributed by atoms with E-state index in [-0.39, 0.29) is 28.7 Å². The molecular weight excluding hydrogens is 334 g/mol. The zero-order chi connectivity index (χ0) is 19.6. The predicted octanol–water partition coefficient (Wildman–Crippen LogP) is 4.76.